The molecule has 1 saturated heterocycles. The Morgan fingerprint density at radius 1 is 1.62 bits per heavy atom. The average molecular weight is 186 g/mol. The van der Waals surface area contributed by atoms with Gasteiger partial charge in [-0.25, -0.2) is 0 Å². The highest BCUT2D eigenvalue weighted by atomic mass is 16.5. The van der Waals surface area contributed by atoms with Crippen LogP contribution >= 0.6 is 0 Å². The van der Waals surface area contributed by atoms with Gasteiger partial charge in [0.25, 0.3) is 0 Å². The van der Waals surface area contributed by atoms with Crippen LogP contribution in [0.2, 0.25) is 0 Å². The molecule has 1 heterocycles. The van der Waals surface area contributed by atoms with E-state index in [1.165, 1.54) is 0 Å². The molecule has 0 aromatic rings. The van der Waals surface area contributed by atoms with Gasteiger partial charge in [-0.05, 0) is 26.9 Å². The molecule has 76 valence electrons. The van der Waals surface area contributed by atoms with Gasteiger partial charge >= 0.3 is 0 Å². The number of likely N-dealkylation sites (N-methyl/N-ethyl adjacent to an activating group) is 1. The first-order valence-corrected chi connectivity index (χ1v) is 4.71. The van der Waals surface area contributed by atoms with Gasteiger partial charge in [0, 0.05) is 13.2 Å². The van der Waals surface area contributed by atoms with E-state index in [1.807, 2.05) is 19.0 Å². The van der Waals surface area contributed by atoms with Crippen molar-refractivity contribution in [2.24, 2.45) is 0 Å². The molecule has 0 bridgehead atoms. The minimum atomic E-state index is 0.0699. The maximum Gasteiger partial charge on any atom is 0.234 e. The van der Waals surface area contributed by atoms with Gasteiger partial charge in [0.2, 0.25) is 5.91 Å². The van der Waals surface area contributed by atoms with E-state index in [1.54, 1.807) is 0 Å². The van der Waals surface area contributed by atoms with Crippen LogP contribution in [0, 0.1) is 0 Å². The van der Waals surface area contributed by atoms with Crippen molar-refractivity contribution in [2.45, 2.75) is 18.9 Å². The van der Waals surface area contributed by atoms with Crippen molar-refractivity contribution in [3.8, 4) is 0 Å². The molecule has 1 unspecified atom stereocenters. The zero-order valence-corrected chi connectivity index (χ0v) is 8.38. The minimum Gasteiger partial charge on any atom is -0.376 e. The lowest BCUT2D eigenvalue weighted by Gasteiger charge is -2.13. The second-order valence-corrected chi connectivity index (χ2v) is 3.68. The van der Waals surface area contributed by atoms with Crippen LogP contribution in [0.25, 0.3) is 0 Å². The number of carbonyl (C=O) groups excluding carboxylic acids is 1. The summed E-state index contributed by atoms with van der Waals surface area (Å²) in [5.74, 6) is 0.0699. The Bertz CT molecular complexity index is 165. The second-order valence-electron chi connectivity index (χ2n) is 3.68. The van der Waals surface area contributed by atoms with Crippen LogP contribution in [-0.2, 0) is 9.53 Å². The van der Waals surface area contributed by atoms with Gasteiger partial charge in [-0.15, -0.1) is 0 Å². The third-order valence-electron chi connectivity index (χ3n) is 2.01. The number of nitrogens with zero attached hydrogens (tertiary/aromatic N) is 1. The summed E-state index contributed by atoms with van der Waals surface area (Å²) >= 11 is 0. The molecule has 1 rings (SSSR count). The molecule has 1 N–H and O–H groups in total. The Morgan fingerprint density at radius 2 is 2.38 bits per heavy atom. The molecule has 1 aliphatic rings. The third-order valence-corrected chi connectivity index (χ3v) is 2.01. The minimum absolute atomic E-state index is 0.0699. The summed E-state index contributed by atoms with van der Waals surface area (Å²) in [7, 11) is 3.76. The van der Waals surface area contributed by atoms with E-state index in [4.69, 9.17) is 4.74 Å². The van der Waals surface area contributed by atoms with Crippen molar-refractivity contribution in [3.05, 3.63) is 0 Å². The van der Waals surface area contributed by atoms with Crippen molar-refractivity contribution in [3.63, 3.8) is 0 Å². The molecule has 13 heavy (non-hydrogen) atoms. The fraction of sp³-hybridized carbons (Fsp3) is 0.889. The summed E-state index contributed by atoms with van der Waals surface area (Å²) in [4.78, 5) is 13.1. The zero-order chi connectivity index (χ0) is 9.68. The number of amides is 1. The van der Waals surface area contributed by atoms with Crippen molar-refractivity contribution in [2.75, 3.05) is 33.8 Å². The van der Waals surface area contributed by atoms with Gasteiger partial charge in [0.1, 0.15) is 0 Å². The van der Waals surface area contributed by atoms with Crippen LogP contribution in [-0.4, -0.2) is 50.7 Å². The number of hydrogen-bond acceptors (Lipinski definition) is 3. The fourth-order valence-corrected chi connectivity index (χ4v) is 1.38. The normalized spacial score (nSPS) is 22.2. The van der Waals surface area contributed by atoms with Crippen LogP contribution in [0.15, 0.2) is 0 Å². The molecule has 4 heteroatoms. The third kappa shape index (κ3) is 4.24. The average Bonchev–Trinajstić information content (AvgIpc) is 2.51. The Kier molecular flexibility index (Phi) is 4.18. The number of carbonyl (C=O) groups is 1. The van der Waals surface area contributed by atoms with E-state index < -0.39 is 0 Å². The standard InChI is InChI=1S/C9H18N2O2/c1-11(2)7-9(12)10-6-8-4-3-5-13-8/h8H,3-7H2,1-2H3,(H,10,12). The summed E-state index contributed by atoms with van der Waals surface area (Å²) < 4.78 is 5.38. The molecular weight excluding hydrogens is 168 g/mol. The van der Waals surface area contributed by atoms with E-state index in [-0.39, 0.29) is 12.0 Å². The summed E-state index contributed by atoms with van der Waals surface area (Å²) in [5.41, 5.74) is 0. The molecule has 1 atom stereocenters. The second kappa shape index (κ2) is 5.19. The number of nitrogens with one attached hydrogen (secondary N) is 1. The van der Waals surface area contributed by atoms with Crippen LogP contribution in [0.4, 0.5) is 0 Å². The lowest BCUT2D eigenvalue weighted by molar-refractivity contribution is -0.122. The maximum absolute atomic E-state index is 11.2. The summed E-state index contributed by atoms with van der Waals surface area (Å²) in [6.45, 7) is 1.95. The Labute approximate surface area is 79.2 Å². The Balaban J connectivity index is 2.07. The highest BCUT2D eigenvalue weighted by Gasteiger charge is 2.15. The molecule has 0 spiro atoms. The summed E-state index contributed by atoms with van der Waals surface area (Å²) in [6.07, 6.45) is 2.43. The van der Waals surface area contributed by atoms with Crippen molar-refractivity contribution >= 4 is 5.91 Å². The van der Waals surface area contributed by atoms with Crippen LogP contribution < -0.4 is 5.32 Å². The molecule has 0 aromatic heterocycles. The van der Waals surface area contributed by atoms with Crippen LogP contribution in [0.5, 0.6) is 0 Å². The molecular formula is C9H18N2O2. The Morgan fingerprint density at radius 3 is 2.92 bits per heavy atom. The predicted molar refractivity (Wildman–Crippen MR) is 50.5 cm³/mol. The smallest absolute Gasteiger partial charge is 0.234 e. The molecule has 0 radical (unpaired) electrons. The molecule has 1 amide bonds. The van der Waals surface area contributed by atoms with E-state index in [0.717, 1.165) is 19.4 Å². The van der Waals surface area contributed by atoms with Gasteiger partial charge in [0.15, 0.2) is 0 Å². The number of ether oxygens (including phenoxy) is 1. The van der Waals surface area contributed by atoms with Gasteiger partial charge in [-0.3, -0.25) is 4.79 Å². The molecule has 1 fully saturated rings. The van der Waals surface area contributed by atoms with E-state index in [0.29, 0.717) is 13.1 Å². The lowest BCUT2D eigenvalue weighted by atomic mass is 10.2. The van der Waals surface area contributed by atoms with E-state index in [9.17, 15) is 4.79 Å². The fourth-order valence-electron chi connectivity index (χ4n) is 1.38. The monoisotopic (exact) mass is 186 g/mol. The molecule has 0 saturated carbocycles. The van der Waals surface area contributed by atoms with Crippen LogP contribution in [0.3, 0.4) is 0 Å². The van der Waals surface area contributed by atoms with Crippen molar-refractivity contribution in [1.29, 1.82) is 0 Å². The lowest BCUT2D eigenvalue weighted by Crippen LogP contribution is -2.37. The summed E-state index contributed by atoms with van der Waals surface area (Å²) in [6, 6.07) is 0. The highest BCUT2D eigenvalue weighted by molar-refractivity contribution is 5.77. The van der Waals surface area contributed by atoms with Gasteiger partial charge in [0.05, 0.1) is 12.6 Å². The number of hydrogen-bond donors (Lipinski definition) is 1. The first-order valence-electron chi connectivity index (χ1n) is 4.71. The quantitative estimate of drug-likeness (QED) is 0.663. The first kappa shape index (κ1) is 10.5. The van der Waals surface area contributed by atoms with Gasteiger partial charge in [-0.2, -0.15) is 0 Å². The van der Waals surface area contributed by atoms with Gasteiger partial charge in [-0.1, -0.05) is 0 Å². The Hall–Kier alpha value is -0.610. The molecule has 1 aliphatic heterocycles. The summed E-state index contributed by atoms with van der Waals surface area (Å²) in [5, 5.41) is 2.85. The van der Waals surface area contributed by atoms with Crippen LogP contribution in [0.1, 0.15) is 12.8 Å². The largest absolute Gasteiger partial charge is 0.376 e. The highest BCUT2D eigenvalue weighted by Crippen LogP contribution is 2.10. The predicted octanol–water partition coefficient (Wildman–Crippen LogP) is -0.157. The van der Waals surface area contributed by atoms with Crippen molar-refractivity contribution in [1.82, 2.24) is 10.2 Å². The number of rotatable bonds is 4. The first-order chi connectivity index (χ1) is 6.18. The van der Waals surface area contributed by atoms with E-state index >= 15 is 0 Å². The zero-order valence-electron chi connectivity index (χ0n) is 8.38. The molecule has 4 nitrogen and oxygen atoms in total. The topological polar surface area (TPSA) is 41.6 Å². The van der Waals surface area contributed by atoms with Crippen molar-refractivity contribution < 1.29 is 9.53 Å². The van der Waals surface area contributed by atoms with Gasteiger partial charge < -0.3 is 15.0 Å². The SMILES string of the molecule is CN(C)CC(=O)NCC1CCCO1. The molecule has 0 aliphatic carbocycles. The molecule has 0 aromatic carbocycles. The van der Waals surface area contributed by atoms with E-state index in [2.05, 4.69) is 5.32 Å². The maximum atomic E-state index is 11.2.